The number of fused-ring (bicyclic) bond motifs is 5. The van der Waals surface area contributed by atoms with Crippen molar-refractivity contribution in [1.82, 2.24) is 4.72 Å². The van der Waals surface area contributed by atoms with Crippen LogP contribution in [0, 0.1) is 52.3 Å². The number of carboxylic acid groups (broad SMARTS) is 1. The first kappa shape index (κ1) is 26.3. The smallest absolute Gasteiger partial charge is 0.303 e. The van der Waals surface area contributed by atoms with E-state index in [1.807, 2.05) is 0 Å². The lowest BCUT2D eigenvalue weighted by Gasteiger charge is -2.64. The first-order valence-electron chi connectivity index (χ1n) is 13.1. The predicted molar refractivity (Wildman–Crippen MR) is 125 cm³/mol. The summed E-state index contributed by atoms with van der Waals surface area (Å²) >= 11 is 0. The van der Waals surface area contributed by atoms with E-state index in [1.54, 1.807) is 0 Å². The van der Waals surface area contributed by atoms with Crippen molar-refractivity contribution in [3.63, 3.8) is 0 Å². The molecule has 196 valence electrons. The zero-order chi connectivity index (χ0) is 25.1. The van der Waals surface area contributed by atoms with Gasteiger partial charge in [-0.2, -0.15) is 0 Å². The zero-order valence-corrected chi connectivity index (χ0v) is 21.5. The van der Waals surface area contributed by atoms with E-state index in [-0.39, 0.29) is 47.5 Å². The Kier molecular flexibility index (Phi) is 7.19. The van der Waals surface area contributed by atoms with E-state index in [0.717, 1.165) is 38.5 Å². The SMILES string of the molecule is C[C@H](CCC(=O)O)[C@H]1CC[C@H]2C3C(CNS(=O)(=O)[O-])[C@H](O)C4C[C@H](O)CCC4(C)[C@H]3CCC12C. The third kappa shape index (κ3) is 4.56. The minimum Gasteiger partial charge on any atom is -0.735 e. The van der Waals surface area contributed by atoms with Gasteiger partial charge in [0.25, 0.3) is 0 Å². The minimum absolute atomic E-state index is 0.00474. The highest BCUT2D eigenvalue weighted by atomic mass is 32.2. The number of hydrogen-bond acceptors (Lipinski definition) is 6. The summed E-state index contributed by atoms with van der Waals surface area (Å²) in [5.41, 5.74) is -0.116. The second-order valence-electron chi connectivity index (χ2n) is 12.4. The lowest BCUT2D eigenvalue weighted by molar-refractivity contribution is -0.200. The Bertz CT molecular complexity index is 880. The van der Waals surface area contributed by atoms with E-state index in [0.29, 0.717) is 30.6 Å². The summed E-state index contributed by atoms with van der Waals surface area (Å²) in [4.78, 5) is 11.2. The highest BCUT2D eigenvalue weighted by Crippen LogP contribution is 2.69. The molecule has 0 aromatic rings. The summed E-state index contributed by atoms with van der Waals surface area (Å²) in [5.74, 6) is 0.118. The molecule has 4 aliphatic rings. The largest absolute Gasteiger partial charge is 0.735 e. The van der Waals surface area contributed by atoms with Crippen LogP contribution in [0.5, 0.6) is 0 Å². The first-order chi connectivity index (χ1) is 15.8. The summed E-state index contributed by atoms with van der Waals surface area (Å²) in [6.45, 7) is 6.67. The van der Waals surface area contributed by atoms with Gasteiger partial charge in [-0.1, -0.05) is 20.8 Å². The van der Waals surface area contributed by atoms with Crippen LogP contribution in [0.2, 0.25) is 0 Å². The fourth-order valence-electron chi connectivity index (χ4n) is 9.40. The summed E-state index contributed by atoms with van der Waals surface area (Å²) in [5, 5.41) is 31.2. The molecule has 0 radical (unpaired) electrons. The molecule has 9 heteroatoms. The van der Waals surface area contributed by atoms with Crippen LogP contribution in [0.1, 0.15) is 78.6 Å². The number of carbonyl (C=O) groups is 1. The van der Waals surface area contributed by atoms with E-state index in [2.05, 4.69) is 25.5 Å². The van der Waals surface area contributed by atoms with E-state index >= 15 is 0 Å². The van der Waals surface area contributed by atoms with Crippen molar-refractivity contribution in [3.05, 3.63) is 0 Å². The lowest BCUT2D eigenvalue weighted by Crippen LogP contribution is -2.63. The van der Waals surface area contributed by atoms with Gasteiger partial charge in [0.15, 0.2) is 10.3 Å². The van der Waals surface area contributed by atoms with Gasteiger partial charge in [0.05, 0.1) is 12.2 Å². The maximum atomic E-state index is 11.6. The molecule has 0 saturated heterocycles. The summed E-state index contributed by atoms with van der Waals surface area (Å²) in [7, 11) is -4.63. The van der Waals surface area contributed by atoms with Crippen LogP contribution in [0.15, 0.2) is 0 Å². The van der Waals surface area contributed by atoms with Gasteiger partial charge in [-0.15, -0.1) is 0 Å². The van der Waals surface area contributed by atoms with Crippen molar-refractivity contribution < 1.29 is 33.1 Å². The van der Waals surface area contributed by atoms with Gasteiger partial charge in [0.1, 0.15) is 0 Å². The lowest BCUT2D eigenvalue weighted by atomic mass is 9.41. The van der Waals surface area contributed by atoms with Crippen LogP contribution in [0.3, 0.4) is 0 Å². The van der Waals surface area contributed by atoms with Gasteiger partial charge in [-0.3, -0.25) is 4.79 Å². The van der Waals surface area contributed by atoms with Crippen molar-refractivity contribution in [2.45, 2.75) is 90.8 Å². The van der Waals surface area contributed by atoms with Gasteiger partial charge in [0.2, 0.25) is 0 Å². The molecule has 34 heavy (non-hydrogen) atoms. The second-order valence-corrected chi connectivity index (χ2v) is 13.6. The molecule has 11 atom stereocenters. The average Bonchev–Trinajstić information content (AvgIpc) is 3.09. The third-order valence-electron chi connectivity index (χ3n) is 11.0. The maximum absolute atomic E-state index is 11.6. The molecule has 0 aromatic carbocycles. The van der Waals surface area contributed by atoms with E-state index in [1.165, 1.54) is 0 Å². The molecule has 4 saturated carbocycles. The van der Waals surface area contributed by atoms with Crippen molar-refractivity contribution >= 4 is 16.3 Å². The highest BCUT2D eigenvalue weighted by molar-refractivity contribution is 7.83. The van der Waals surface area contributed by atoms with Crippen LogP contribution in [-0.2, 0) is 15.1 Å². The van der Waals surface area contributed by atoms with E-state index in [9.17, 15) is 33.1 Å². The zero-order valence-electron chi connectivity index (χ0n) is 20.7. The van der Waals surface area contributed by atoms with Gasteiger partial charge < -0.3 is 19.9 Å². The molecule has 5 unspecified atom stereocenters. The predicted octanol–water partition coefficient (Wildman–Crippen LogP) is 2.75. The van der Waals surface area contributed by atoms with Gasteiger partial charge >= 0.3 is 5.97 Å². The van der Waals surface area contributed by atoms with E-state index < -0.39 is 28.5 Å². The Balaban J connectivity index is 1.67. The number of carboxylic acids is 1. The standard InChI is InChI=1S/C25H43NO7S/c1-14(4-7-21(28)29)17-5-6-18-22-16(13-26-34(31,32)33)23(30)20-12-15(27)8-10-25(20,3)19(22)9-11-24(17,18)2/h14-20,22-23,26-27,30H,4-13H2,1-3H3,(H,28,29)(H,31,32,33)/p-1/t14-,15-,16?,17-,18+,19+,20?,22?,23+,24?,25?/m1/s1. The van der Waals surface area contributed by atoms with Gasteiger partial charge in [-0.05, 0) is 97.7 Å². The number of aliphatic carboxylic acids is 1. The highest BCUT2D eigenvalue weighted by Gasteiger charge is 2.65. The molecular weight excluding hydrogens is 458 g/mol. The Morgan fingerprint density at radius 3 is 2.35 bits per heavy atom. The van der Waals surface area contributed by atoms with Crippen LogP contribution in [0.25, 0.3) is 0 Å². The molecule has 0 heterocycles. The Morgan fingerprint density at radius 1 is 1.06 bits per heavy atom. The van der Waals surface area contributed by atoms with Gasteiger partial charge in [0, 0.05) is 18.9 Å². The molecule has 4 fully saturated rings. The number of aliphatic hydroxyl groups excluding tert-OH is 2. The van der Waals surface area contributed by atoms with Crippen molar-refractivity contribution in [3.8, 4) is 0 Å². The van der Waals surface area contributed by atoms with E-state index in [4.69, 9.17) is 0 Å². The van der Waals surface area contributed by atoms with Crippen molar-refractivity contribution in [1.29, 1.82) is 0 Å². The van der Waals surface area contributed by atoms with Crippen LogP contribution in [-0.4, -0.2) is 53.0 Å². The van der Waals surface area contributed by atoms with Crippen LogP contribution >= 0.6 is 0 Å². The number of rotatable bonds is 7. The molecule has 4 aliphatic carbocycles. The Morgan fingerprint density at radius 2 is 1.71 bits per heavy atom. The maximum Gasteiger partial charge on any atom is 0.303 e. The minimum atomic E-state index is -4.63. The molecule has 4 N–H and O–H groups in total. The summed E-state index contributed by atoms with van der Waals surface area (Å²) in [6, 6.07) is 0. The molecule has 0 spiro atoms. The molecule has 8 nitrogen and oxygen atoms in total. The molecule has 0 bridgehead atoms. The Hall–Kier alpha value is -0.740. The summed E-state index contributed by atoms with van der Waals surface area (Å²) in [6.07, 6.45) is 5.68. The van der Waals surface area contributed by atoms with Crippen LogP contribution in [0.4, 0.5) is 0 Å². The molecule has 0 aromatic heterocycles. The number of nitrogens with one attached hydrogen (secondary N) is 1. The first-order valence-corrected chi connectivity index (χ1v) is 14.5. The van der Waals surface area contributed by atoms with Crippen molar-refractivity contribution in [2.75, 3.05) is 6.54 Å². The van der Waals surface area contributed by atoms with Crippen molar-refractivity contribution in [2.24, 2.45) is 52.3 Å². The molecule has 4 rings (SSSR count). The topological polar surface area (TPSA) is 147 Å². The summed E-state index contributed by atoms with van der Waals surface area (Å²) < 4.78 is 36.5. The quantitative estimate of drug-likeness (QED) is 0.393. The number of aliphatic hydroxyl groups is 2. The van der Waals surface area contributed by atoms with Gasteiger partial charge in [-0.25, -0.2) is 13.1 Å². The normalized spacial score (nSPS) is 47.4. The monoisotopic (exact) mass is 500 g/mol. The second kappa shape index (κ2) is 9.29. The number of hydrogen-bond donors (Lipinski definition) is 4. The molecular formula is C25H42NO7S-. The fraction of sp³-hybridized carbons (Fsp3) is 0.960. The Labute approximate surface area is 203 Å². The molecule has 0 aliphatic heterocycles. The molecule has 0 amide bonds. The third-order valence-corrected chi connectivity index (χ3v) is 11.5. The van der Waals surface area contributed by atoms with Crippen LogP contribution < -0.4 is 4.72 Å². The fourth-order valence-corrected chi connectivity index (χ4v) is 9.80. The average molecular weight is 501 g/mol.